The quantitative estimate of drug-likeness (QED) is 0.557. The molecule has 5 rings (SSSR count). The third kappa shape index (κ3) is 2.85. The first-order valence-corrected chi connectivity index (χ1v) is 9.39. The second-order valence-corrected chi connectivity index (χ2v) is 7.98. The van der Waals surface area contributed by atoms with Crippen LogP contribution < -0.4 is 10.6 Å². The molecule has 2 fully saturated rings. The number of carbonyl (C=O) groups is 1. The third-order valence-electron chi connectivity index (χ3n) is 5.82. The molecule has 4 N–H and O–H groups in total. The maximum atomic E-state index is 12.2. The van der Waals surface area contributed by atoms with Crippen molar-refractivity contribution in [2.75, 3.05) is 5.32 Å². The van der Waals surface area contributed by atoms with E-state index in [1.54, 1.807) is 6.20 Å². The lowest BCUT2D eigenvalue weighted by Gasteiger charge is -2.27. The van der Waals surface area contributed by atoms with E-state index in [2.05, 4.69) is 20.8 Å². The number of amides is 2. The number of anilines is 1. The van der Waals surface area contributed by atoms with Gasteiger partial charge in [0.15, 0.2) is 0 Å². The van der Waals surface area contributed by atoms with Crippen molar-refractivity contribution in [3.8, 4) is 0 Å². The maximum absolute atomic E-state index is 12.2. The lowest BCUT2D eigenvalue weighted by atomic mass is 9.87. The van der Waals surface area contributed by atoms with E-state index in [1.165, 1.54) is 0 Å². The van der Waals surface area contributed by atoms with Gasteiger partial charge in [0.05, 0.1) is 17.3 Å². The van der Waals surface area contributed by atoms with Gasteiger partial charge >= 0.3 is 6.03 Å². The molecule has 0 aliphatic heterocycles. The number of halogens is 1. The molecule has 2 aliphatic rings. The standard InChI is InChI=1S/C20H19ClN4O2/c21-12-6-11-10-22-25-17(11)16(7-12)20(27)8-14-15(9-20)18(14)24-19(26)23-13-4-2-1-3-5-13/h1-7,10,14-15,18,27H,8-9H2,(H,22,25)(H2,23,24,26)/t14-,15+,18-,20+. The first-order valence-electron chi connectivity index (χ1n) is 9.01. The molecule has 27 heavy (non-hydrogen) atoms. The third-order valence-corrected chi connectivity index (χ3v) is 6.04. The van der Waals surface area contributed by atoms with Gasteiger partial charge in [-0.15, -0.1) is 0 Å². The number of nitrogens with zero attached hydrogens (tertiary/aromatic N) is 1. The zero-order valence-corrected chi connectivity index (χ0v) is 15.2. The molecule has 4 atom stereocenters. The number of carbonyl (C=O) groups excluding carboxylic acids is 1. The van der Waals surface area contributed by atoms with E-state index >= 15 is 0 Å². The van der Waals surface area contributed by atoms with Crippen LogP contribution in [-0.2, 0) is 5.60 Å². The highest BCUT2D eigenvalue weighted by Gasteiger charge is 2.62. The molecular formula is C20H19ClN4O2. The number of fused-ring (bicyclic) bond motifs is 2. The summed E-state index contributed by atoms with van der Waals surface area (Å²) in [6.45, 7) is 0. The zero-order chi connectivity index (χ0) is 18.6. The SMILES string of the molecule is O=C(Nc1ccccc1)N[C@@H]1[C@@H]2C[C@@](O)(c3cc(Cl)cc4cn[nH]c34)C[C@@H]21. The van der Waals surface area contributed by atoms with Crippen LogP contribution in [0.2, 0.25) is 5.02 Å². The van der Waals surface area contributed by atoms with E-state index in [9.17, 15) is 9.90 Å². The number of aliphatic hydroxyl groups is 1. The summed E-state index contributed by atoms with van der Waals surface area (Å²) >= 11 is 6.23. The van der Waals surface area contributed by atoms with Crippen LogP contribution in [0.15, 0.2) is 48.7 Å². The molecular weight excluding hydrogens is 364 g/mol. The second-order valence-electron chi connectivity index (χ2n) is 7.55. The van der Waals surface area contributed by atoms with Crippen LogP contribution in [-0.4, -0.2) is 27.4 Å². The van der Waals surface area contributed by atoms with E-state index in [0.29, 0.717) is 17.9 Å². The highest BCUT2D eigenvalue weighted by Crippen LogP contribution is 2.60. The van der Waals surface area contributed by atoms with E-state index in [-0.39, 0.29) is 23.9 Å². The van der Waals surface area contributed by atoms with Crippen molar-refractivity contribution < 1.29 is 9.90 Å². The Balaban J connectivity index is 1.27. The van der Waals surface area contributed by atoms with Crippen molar-refractivity contribution in [2.45, 2.75) is 24.5 Å². The summed E-state index contributed by atoms with van der Waals surface area (Å²) in [7, 11) is 0. The van der Waals surface area contributed by atoms with Crippen LogP contribution in [0.5, 0.6) is 0 Å². The van der Waals surface area contributed by atoms with Crippen LogP contribution in [0.4, 0.5) is 10.5 Å². The Morgan fingerprint density at radius 1 is 1.22 bits per heavy atom. The van der Waals surface area contributed by atoms with Crippen LogP contribution in [0.1, 0.15) is 18.4 Å². The van der Waals surface area contributed by atoms with Crippen molar-refractivity contribution in [2.24, 2.45) is 11.8 Å². The molecule has 0 radical (unpaired) electrons. The van der Waals surface area contributed by atoms with Crippen LogP contribution >= 0.6 is 11.6 Å². The number of rotatable bonds is 3. The van der Waals surface area contributed by atoms with Gasteiger partial charge in [0.1, 0.15) is 0 Å². The van der Waals surface area contributed by atoms with Crippen LogP contribution in [0.3, 0.4) is 0 Å². The number of H-pyrrole nitrogens is 1. The van der Waals surface area contributed by atoms with Crippen LogP contribution in [0, 0.1) is 11.8 Å². The van der Waals surface area contributed by atoms with Gasteiger partial charge in [0, 0.05) is 27.7 Å². The lowest BCUT2D eigenvalue weighted by molar-refractivity contribution is 0.0298. The van der Waals surface area contributed by atoms with Crippen molar-refractivity contribution >= 4 is 34.2 Å². The van der Waals surface area contributed by atoms with Crippen molar-refractivity contribution in [1.29, 1.82) is 0 Å². The minimum atomic E-state index is -0.945. The van der Waals surface area contributed by atoms with Crippen LogP contribution in [0.25, 0.3) is 10.9 Å². The number of hydrogen-bond donors (Lipinski definition) is 4. The van der Waals surface area contributed by atoms with E-state index in [4.69, 9.17) is 11.6 Å². The maximum Gasteiger partial charge on any atom is 0.319 e. The fourth-order valence-corrected chi connectivity index (χ4v) is 4.75. The number of urea groups is 1. The molecule has 2 saturated carbocycles. The van der Waals surface area contributed by atoms with Gasteiger partial charge in [-0.1, -0.05) is 29.8 Å². The summed E-state index contributed by atoms with van der Waals surface area (Å²) < 4.78 is 0. The fourth-order valence-electron chi connectivity index (χ4n) is 4.53. The Bertz CT molecular complexity index is 1010. The Morgan fingerprint density at radius 2 is 1.96 bits per heavy atom. The van der Waals surface area contributed by atoms with Crippen molar-refractivity contribution in [1.82, 2.24) is 15.5 Å². The van der Waals surface area contributed by atoms with Gasteiger partial charge in [-0.2, -0.15) is 5.10 Å². The summed E-state index contributed by atoms with van der Waals surface area (Å²) in [6.07, 6.45) is 2.91. The smallest absolute Gasteiger partial charge is 0.319 e. The van der Waals surface area contributed by atoms with E-state index in [0.717, 1.165) is 22.2 Å². The monoisotopic (exact) mass is 382 g/mol. The largest absolute Gasteiger partial charge is 0.385 e. The predicted molar refractivity (Wildman–Crippen MR) is 104 cm³/mol. The Hall–Kier alpha value is -2.57. The second kappa shape index (κ2) is 5.97. The molecule has 1 aromatic heterocycles. The van der Waals surface area contributed by atoms with Gasteiger partial charge in [0.25, 0.3) is 0 Å². The highest BCUT2D eigenvalue weighted by atomic mass is 35.5. The average Bonchev–Trinajstić information content (AvgIpc) is 3.02. The molecule has 0 saturated heterocycles. The number of para-hydroxylation sites is 1. The molecule has 0 spiro atoms. The first kappa shape index (κ1) is 16.6. The molecule has 1 heterocycles. The molecule has 0 unspecified atom stereocenters. The number of hydrogen-bond acceptors (Lipinski definition) is 3. The molecule has 2 aromatic carbocycles. The normalized spacial score (nSPS) is 28.7. The summed E-state index contributed by atoms with van der Waals surface area (Å²) in [5, 5.41) is 25.6. The number of aromatic amines is 1. The molecule has 3 aromatic rings. The first-order chi connectivity index (χ1) is 13.0. The highest BCUT2D eigenvalue weighted by molar-refractivity contribution is 6.31. The number of nitrogens with one attached hydrogen (secondary N) is 3. The van der Waals surface area contributed by atoms with Gasteiger partial charge in [-0.05, 0) is 48.9 Å². The average molecular weight is 383 g/mol. The predicted octanol–water partition coefficient (Wildman–Crippen LogP) is 3.63. The molecule has 2 amide bonds. The summed E-state index contributed by atoms with van der Waals surface area (Å²) in [6, 6.07) is 12.9. The van der Waals surface area contributed by atoms with E-state index in [1.807, 2.05) is 42.5 Å². The van der Waals surface area contributed by atoms with Gasteiger partial charge in [-0.25, -0.2) is 4.79 Å². The fraction of sp³-hybridized carbons (Fsp3) is 0.300. The topological polar surface area (TPSA) is 90.0 Å². The lowest BCUT2D eigenvalue weighted by Crippen LogP contribution is -2.36. The van der Waals surface area contributed by atoms with Gasteiger partial charge < -0.3 is 15.7 Å². The van der Waals surface area contributed by atoms with E-state index < -0.39 is 5.60 Å². The number of benzene rings is 2. The Morgan fingerprint density at radius 3 is 2.70 bits per heavy atom. The van der Waals surface area contributed by atoms with Gasteiger partial charge in [-0.3, -0.25) is 5.10 Å². The van der Waals surface area contributed by atoms with Crippen molar-refractivity contribution in [3.63, 3.8) is 0 Å². The molecule has 138 valence electrons. The molecule has 7 heteroatoms. The number of aromatic nitrogens is 2. The Labute approximate surface area is 160 Å². The zero-order valence-electron chi connectivity index (χ0n) is 14.4. The molecule has 0 bridgehead atoms. The molecule has 2 aliphatic carbocycles. The summed E-state index contributed by atoms with van der Waals surface area (Å²) in [4.78, 5) is 12.2. The van der Waals surface area contributed by atoms with Crippen molar-refractivity contribution in [3.05, 3.63) is 59.2 Å². The van der Waals surface area contributed by atoms with Gasteiger partial charge in [0.2, 0.25) is 0 Å². The minimum absolute atomic E-state index is 0.102. The summed E-state index contributed by atoms with van der Waals surface area (Å²) in [5.74, 6) is 0.543. The molecule has 6 nitrogen and oxygen atoms in total. The minimum Gasteiger partial charge on any atom is -0.385 e. The Kier molecular flexibility index (Phi) is 3.67. The summed E-state index contributed by atoms with van der Waals surface area (Å²) in [5.41, 5.74) is 1.44.